The SMILES string of the molecule is [CH2-]OC(=O)C(C)(C)C.[Cl-].[Mg+2]. The number of rotatable bonds is 0. The molecule has 0 saturated carbocycles. The molecule has 0 heterocycles. The number of hydrogen-bond donors (Lipinski definition) is 0. The molecule has 0 N–H and O–H groups in total. The maximum atomic E-state index is 10.5. The van der Waals surface area contributed by atoms with E-state index in [0.717, 1.165) is 0 Å². The molecule has 0 radical (unpaired) electrons. The summed E-state index contributed by atoms with van der Waals surface area (Å²) < 4.78 is 4.23. The summed E-state index contributed by atoms with van der Waals surface area (Å²) in [5.41, 5.74) is -0.415. The quantitative estimate of drug-likeness (QED) is 0.241. The Balaban J connectivity index is -0.000000245. The van der Waals surface area contributed by atoms with E-state index in [9.17, 15) is 4.79 Å². The molecular formula is C6H11ClMgO2. The van der Waals surface area contributed by atoms with Crippen LogP contribution in [0.25, 0.3) is 0 Å². The third-order valence-corrected chi connectivity index (χ3v) is 0.743. The van der Waals surface area contributed by atoms with Crippen molar-refractivity contribution >= 4 is 29.0 Å². The number of ether oxygens (including phenoxy) is 1. The Morgan fingerprint density at radius 3 is 1.70 bits per heavy atom. The van der Waals surface area contributed by atoms with E-state index in [1.165, 1.54) is 0 Å². The Labute approximate surface area is 84.3 Å². The molecule has 2 nitrogen and oxygen atoms in total. The predicted octanol–water partition coefficient (Wildman–Crippen LogP) is -2.01. The van der Waals surface area contributed by atoms with Crippen molar-refractivity contribution in [3.8, 4) is 0 Å². The van der Waals surface area contributed by atoms with E-state index in [-0.39, 0.29) is 41.4 Å². The van der Waals surface area contributed by atoms with Gasteiger partial charge in [-0.15, -0.1) is 0 Å². The van der Waals surface area contributed by atoms with Crippen LogP contribution in [0, 0.1) is 12.5 Å². The summed E-state index contributed by atoms with van der Waals surface area (Å²) >= 11 is 0. The molecule has 0 amide bonds. The minimum atomic E-state index is -0.415. The van der Waals surface area contributed by atoms with Crippen LogP contribution in [0.1, 0.15) is 20.8 Å². The maximum absolute atomic E-state index is 10.5. The molecule has 0 aliphatic heterocycles. The second-order valence-electron chi connectivity index (χ2n) is 2.68. The van der Waals surface area contributed by atoms with Crippen molar-refractivity contribution in [3.63, 3.8) is 0 Å². The average molecular weight is 175 g/mol. The van der Waals surface area contributed by atoms with Gasteiger partial charge in [0.05, 0.1) is 5.41 Å². The van der Waals surface area contributed by atoms with Gasteiger partial charge in [0, 0.05) is 0 Å². The van der Waals surface area contributed by atoms with Crippen molar-refractivity contribution < 1.29 is 21.9 Å². The summed E-state index contributed by atoms with van der Waals surface area (Å²) in [6.45, 7) is 5.33. The smallest absolute Gasteiger partial charge is 1.00 e. The van der Waals surface area contributed by atoms with Crippen molar-refractivity contribution in [1.29, 1.82) is 0 Å². The van der Waals surface area contributed by atoms with E-state index >= 15 is 0 Å². The second kappa shape index (κ2) is 6.25. The molecule has 0 atom stereocenters. The number of carbonyl (C=O) groups excluding carboxylic acids is 1. The Kier molecular flexibility index (Phi) is 10.5. The molecule has 0 aliphatic rings. The summed E-state index contributed by atoms with van der Waals surface area (Å²) in [6.07, 6.45) is 0. The van der Waals surface area contributed by atoms with E-state index in [4.69, 9.17) is 0 Å². The van der Waals surface area contributed by atoms with Crippen LogP contribution < -0.4 is 12.4 Å². The molecule has 0 bridgehead atoms. The van der Waals surface area contributed by atoms with Crippen LogP contribution in [0.5, 0.6) is 0 Å². The zero-order chi connectivity index (χ0) is 6.78. The third kappa shape index (κ3) is 6.64. The van der Waals surface area contributed by atoms with Crippen LogP contribution in [-0.2, 0) is 9.53 Å². The van der Waals surface area contributed by atoms with E-state index in [0.29, 0.717) is 0 Å². The van der Waals surface area contributed by atoms with Crippen molar-refractivity contribution in [2.24, 2.45) is 5.41 Å². The first-order valence-electron chi connectivity index (χ1n) is 2.45. The molecule has 0 spiro atoms. The third-order valence-electron chi connectivity index (χ3n) is 0.743. The fourth-order valence-corrected chi connectivity index (χ4v) is 0.217. The van der Waals surface area contributed by atoms with Gasteiger partial charge < -0.3 is 17.1 Å². The first-order chi connectivity index (χ1) is 3.48. The normalized spacial score (nSPS) is 8.80. The van der Waals surface area contributed by atoms with Crippen molar-refractivity contribution in [2.75, 3.05) is 0 Å². The number of carbonyl (C=O) groups is 1. The predicted molar refractivity (Wildman–Crippen MR) is 36.7 cm³/mol. The minimum absolute atomic E-state index is 0. The first kappa shape index (κ1) is 16.9. The molecule has 4 heteroatoms. The number of halogens is 1. The van der Waals surface area contributed by atoms with Crippen LogP contribution in [-0.4, -0.2) is 29.0 Å². The molecule has 0 aliphatic carbocycles. The molecule has 0 aromatic rings. The van der Waals surface area contributed by atoms with Gasteiger partial charge >= 0.3 is 23.1 Å². The van der Waals surface area contributed by atoms with Gasteiger partial charge in [-0.05, 0) is 20.8 Å². The Morgan fingerprint density at radius 2 is 1.70 bits per heavy atom. The van der Waals surface area contributed by atoms with Gasteiger partial charge in [0.2, 0.25) is 0 Å². The van der Waals surface area contributed by atoms with Crippen LogP contribution in [0.3, 0.4) is 0 Å². The van der Waals surface area contributed by atoms with Gasteiger partial charge in [-0.1, -0.05) is 0 Å². The summed E-state index contributed by atoms with van der Waals surface area (Å²) in [4.78, 5) is 10.5. The topological polar surface area (TPSA) is 26.3 Å². The number of hydrogen-bond acceptors (Lipinski definition) is 2. The van der Waals surface area contributed by atoms with Gasteiger partial charge in [0.15, 0.2) is 0 Å². The van der Waals surface area contributed by atoms with E-state index < -0.39 is 5.41 Å². The number of esters is 1. The van der Waals surface area contributed by atoms with Crippen LogP contribution in [0.2, 0.25) is 0 Å². The van der Waals surface area contributed by atoms with Gasteiger partial charge in [-0.25, -0.2) is 0 Å². The van der Waals surface area contributed by atoms with Crippen molar-refractivity contribution in [2.45, 2.75) is 20.8 Å². The Hall–Kier alpha value is 0.526. The Bertz CT molecular complexity index is 98.4. The molecule has 10 heavy (non-hydrogen) atoms. The van der Waals surface area contributed by atoms with Gasteiger partial charge in [0.1, 0.15) is 0 Å². The zero-order valence-electron chi connectivity index (χ0n) is 6.61. The standard InChI is InChI=1S/C6H11O2.ClH.Mg/c1-6(2,3)5(7)8-4;;/h4H2,1-3H3;1H;/q-1;;+2/p-1. The molecule has 0 saturated heterocycles. The van der Waals surface area contributed by atoms with Gasteiger partial charge in [0.25, 0.3) is 5.97 Å². The van der Waals surface area contributed by atoms with Crippen LogP contribution >= 0.6 is 0 Å². The van der Waals surface area contributed by atoms with Gasteiger partial charge in [-0.3, -0.25) is 4.79 Å². The average Bonchev–Trinajstić information content (AvgIpc) is 1.62. The molecule has 0 aromatic carbocycles. The van der Waals surface area contributed by atoms with Crippen molar-refractivity contribution in [3.05, 3.63) is 7.11 Å². The zero-order valence-corrected chi connectivity index (χ0v) is 8.78. The molecule has 0 rings (SSSR count). The monoisotopic (exact) mass is 174 g/mol. The second-order valence-corrected chi connectivity index (χ2v) is 2.68. The maximum Gasteiger partial charge on any atom is 2.00 e. The van der Waals surface area contributed by atoms with E-state index in [1.54, 1.807) is 20.8 Å². The van der Waals surface area contributed by atoms with Gasteiger partial charge in [-0.2, -0.15) is 7.11 Å². The molecule has 0 unspecified atom stereocenters. The summed E-state index contributed by atoms with van der Waals surface area (Å²) in [6, 6.07) is 0. The van der Waals surface area contributed by atoms with E-state index in [2.05, 4.69) is 11.8 Å². The summed E-state index contributed by atoms with van der Waals surface area (Å²) in [5.74, 6) is -0.280. The summed E-state index contributed by atoms with van der Waals surface area (Å²) in [5, 5.41) is 0. The largest absolute Gasteiger partial charge is 2.00 e. The van der Waals surface area contributed by atoms with Crippen molar-refractivity contribution in [1.82, 2.24) is 0 Å². The van der Waals surface area contributed by atoms with E-state index in [1.807, 2.05) is 0 Å². The molecule has 0 fully saturated rings. The van der Waals surface area contributed by atoms with Crippen LogP contribution in [0.4, 0.5) is 0 Å². The molecule has 56 valence electrons. The van der Waals surface area contributed by atoms with Crippen LogP contribution in [0.15, 0.2) is 0 Å². The fraction of sp³-hybridized carbons (Fsp3) is 0.667. The fourth-order valence-electron chi connectivity index (χ4n) is 0.217. The first-order valence-corrected chi connectivity index (χ1v) is 2.45. The Morgan fingerprint density at radius 1 is 1.40 bits per heavy atom. The molecule has 0 aromatic heterocycles. The molecular weight excluding hydrogens is 164 g/mol. The minimum Gasteiger partial charge on any atom is -1.00 e. The summed E-state index contributed by atoms with van der Waals surface area (Å²) in [7, 11) is 3.00.